The SMILES string of the molecule is CCOc1ccc(Cl)cc1CC(C)(C)CO. The van der Waals surface area contributed by atoms with E-state index in [2.05, 4.69) is 0 Å². The van der Waals surface area contributed by atoms with Crippen LogP contribution in [0.15, 0.2) is 18.2 Å². The summed E-state index contributed by atoms with van der Waals surface area (Å²) in [6, 6.07) is 5.61. The topological polar surface area (TPSA) is 29.5 Å². The Morgan fingerprint density at radius 2 is 2.06 bits per heavy atom. The highest BCUT2D eigenvalue weighted by atomic mass is 35.5. The lowest BCUT2D eigenvalue weighted by molar-refractivity contribution is 0.158. The van der Waals surface area contributed by atoms with Gasteiger partial charge >= 0.3 is 0 Å². The van der Waals surface area contributed by atoms with E-state index in [1.54, 1.807) is 0 Å². The van der Waals surface area contributed by atoms with Crippen molar-refractivity contribution in [2.24, 2.45) is 5.41 Å². The number of hydrogen-bond donors (Lipinski definition) is 1. The minimum absolute atomic E-state index is 0.144. The average molecular weight is 243 g/mol. The second kappa shape index (κ2) is 5.55. The van der Waals surface area contributed by atoms with Crippen molar-refractivity contribution in [1.29, 1.82) is 0 Å². The third-order valence-electron chi connectivity index (χ3n) is 2.42. The minimum Gasteiger partial charge on any atom is -0.494 e. The second-order valence-electron chi connectivity index (χ2n) is 4.68. The van der Waals surface area contributed by atoms with Gasteiger partial charge in [0.25, 0.3) is 0 Å². The van der Waals surface area contributed by atoms with E-state index in [0.717, 1.165) is 17.7 Å². The molecule has 0 saturated carbocycles. The van der Waals surface area contributed by atoms with Gasteiger partial charge in [0.2, 0.25) is 0 Å². The van der Waals surface area contributed by atoms with Crippen molar-refractivity contribution in [3.8, 4) is 5.75 Å². The minimum atomic E-state index is -0.156. The fourth-order valence-corrected chi connectivity index (χ4v) is 1.75. The summed E-state index contributed by atoms with van der Waals surface area (Å²) in [5.74, 6) is 0.855. The zero-order valence-corrected chi connectivity index (χ0v) is 10.8. The molecule has 2 nitrogen and oxygen atoms in total. The van der Waals surface area contributed by atoms with Crippen LogP contribution in [0.4, 0.5) is 0 Å². The molecule has 1 aromatic rings. The molecule has 0 saturated heterocycles. The summed E-state index contributed by atoms with van der Waals surface area (Å²) in [6.07, 6.45) is 0.749. The summed E-state index contributed by atoms with van der Waals surface area (Å²) in [7, 11) is 0. The first-order chi connectivity index (χ1) is 7.48. The van der Waals surface area contributed by atoms with Crippen molar-refractivity contribution in [2.45, 2.75) is 27.2 Å². The van der Waals surface area contributed by atoms with Crippen LogP contribution in [0.5, 0.6) is 5.75 Å². The van der Waals surface area contributed by atoms with Gasteiger partial charge in [-0.25, -0.2) is 0 Å². The first-order valence-electron chi connectivity index (χ1n) is 5.50. The lowest BCUT2D eigenvalue weighted by atomic mass is 9.86. The van der Waals surface area contributed by atoms with Gasteiger partial charge in [-0.15, -0.1) is 0 Å². The van der Waals surface area contributed by atoms with Crippen LogP contribution in [0.25, 0.3) is 0 Å². The van der Waals surface area contributed by atoms with Crippen molar-refractivity contribution >= 4 is 11.6 Å². The van der Waals surface area contributed by atoms with E-state index in [0.29, 0.717) is 11.6 Å². The van der Waals surface area contributed by atoms with Gasteiger partial charge in [0.1, 0.15) is 5.75 Å². The Balaban J connectivity index is 2.96. The molecular formula is C13H19ClO2. The van der Waals surface area contributed by atoms with Crippen LogP contribution >= 0.6 is 11.6 Å². The Hall–Kier alpha value is -0.730. The van der Waals surface area contributed by atoms with Gasteiger partial charge in [-0.1, -0.05) is 25.4 Å². The van der Waals surface area contributed by atoms with Crippen LogP contribution in [0.1, 0.15) is 26.3 Å². The van der Waals surface area contributed by atoms with Crippen molar-refractivity contribution in [3.63, 3.8) is 0 Å². The predicted octanol–water partition coefficient (Wildman–Crippen LogP) is 3.30. The molecule has 1 N–H and O–H groups in total. The quantitative estimate of drug-likeness (QED) is 0.859. The van der Waals surface area contributed by atoms with Crippen LogP contribution in [-0.4, -0.2) is 18.3 Å². The highest BCUT2D eigenvalue weighted by molar-refractivity contribution is 6.30. The predicted molar refractivity (Wildman–Crippen MR) is 67.2 cm³/mol. The summed E-state index contributed by atoms with van der Waals surface area (Å²) >= 11 is 5.97. The summed E-state index contributed by atoms with van der Waals surface area (Å²) < 4.78 is 5.54. The number of aliphatic hydroxyl groups is 1. The molecular weight excluding hydrogens is 224 g/mol. The smallest absolute Gasteiger partial charge is 0.122 e. The first-order valence-corrected chi connectivity index (χ1v) is 5.88. The van der Waals surface area contributed by atoms with Crippen molar-refractivity contribution in [2.75, 3.05) is 13.2 Å². The highest BCUT2D eigenvalue weighted by Gasteiger charge is 2.19. The summed E-state index contributed by atoms with van der Waals surface area (Å²) in [6.45, 7) is 6.77. The Kier molecular flexibility index (Phi) is 4.63. The maximum absolute atomic E-state index is 9.27. The van der Waals surface area contributed by atoms with Crippen LogP contribution in [0.3, 0.4) is 0 Å². The van der Waals surface area contributed by atoms with Crippen LogP contribution in [0.2, 0.25) is 5.02 Å². The van der Waals surface area contributed by atoms with Gasteiger partial charge < -0.3 is 9.84 Å². The fourth-order valence-electron chi connectivity index (χ4n) is 1.55. The molecule has 0 unspecified atom stereocenters. The number of benzene rings is 1. The van der Waals surface area contributed by atoms with Crippen LogP contribution < -0.4 is 4.74 Å². The number of halogens is 1. The van der Waals surface area contributed by atoms with Gasteiger partial charge in [-0.2, -0.15) is 0 Å². The molecule has 0 fully saturated rings. The Morgan fingerprint density at radius 3 is 2.62 bits per heavy atom. The summed E-state index contributed by atoms with van der Waals surface area (Å²) in [5, 5.41) is 9.97. The number of hydrogen-bond acceptors (Lipinski definition) is 2. The lowest BCUT2D eigenvalue weighted by Gasteiger charge is -2.23. The van der Waals surface area contributed by atoms with Gasteiger partial charge in [-0.3, -0.25) is 0 Å². The summed E-state index contributed by atoms with van der Waals surface area (Å²) in [4.78, 5) is 0. The molecule has 90 valence electrons. The highest BCUT2D eigenvalue weighted by Crippen LogP contribution is 2.29. The number of ether oxygens (including phenoxy) is 1. The largest absolute Gasteiger partial charge is 0.494 e. The van der Waals surface area contributed by atoms with E-state index in [-0.39, 0.29) is 12.0 Å². The molecule has 0 amide bonds. The van der Waals surface area contributed by atoms with Gasteiger partial charge in [0.15, 0.2) is 0 Å². The number of aliphatic hydroxyl groups excluding tert-OH is 1. The van der Waals surface area contributed by atoms with E-state index in [9.17, 15) is 5.11 Å². The maximum atomic E-state index is 9.27. The Labute approximate surface area is 102 Å². The van der Waals surface area contributed by atoms with Gasteiger partial charge in [-0.05, 0) is 42.5 Å². The zero-order chi connectivity index (χ0) is 12.2. The molecule has 0 atom stereocenters. The van der Waals surface area contributed by atoms with E-state index in [1.165, 1.54) is 0 Å². The average Bonchev–Trinajstić information content (AvgIpc) is 2.22. The Morgan fingerprint density at radius 1 is 1.38 bits per heavy atom. The van der Waals surface area contributed by atoms with Crippen molar-refractivity contribution in [1.82, 2.24) is 0 Å². The van der Waals surface area contributed by atoms with Crippen molar-refractivity contribution < 1.29 is 9.84 Å². The molecule has 0 spiro atoms. The van der Waals surface area contributed by atoms with Gasteiger partial charge in [0.05, 0.1) is 6.61 Å². The molecule has 1 rings (SSSR count). The fraction of sp³-hybridized carbons (Fsp3) is 0.538. The molecule has 0 aliphatic rings. The van der Waals surface area contributed by atoms with E-state index < -0.39 is 0 Å². The first kappa shape index (κ1) is 13.3. The second-order valence-corrected chi connectivity index (χ2v) is 5.12. The Bertz CT molecular complexity index is 348. The normalized spacial score (nSPS) is 11.6. The molecule has 3 heteroatoms. The van der Waals surface area contributed by atoms with Gasteiger partial charge in [0, 0.05) is 11.6 Å². The molecule has 0 aliphatic heterocycles. The molecule has 0 aliphatic carbocycles. The van der Waals surface area contributed by atoms with E-state index in [1.807, 2.05) is 39.0 Å². The molecule has 0 radical (unpaired) electrons. The molecule has 1 aromatic carbocycles. The standard InChI is InChI=1S/C13H19ClO2/c1-4-16-12-6-5-11(14)7-10(12)8-13(2,3)9-15/h5-7,15H,4,8-9H2,1-3H3. The summed E-state index contributed by atoms with van der Waals surface area (Å²) in [5.41, 5.74) is 0.893. The van der Waals surface area contributed by atoms with Crippen molar-refractivity contribution in [3.05, 3.63) is 28.8 Å². The molecule has 0 bridgehead atoms. The maximum Gasteiger partial charge on any atom is 0.122 e. The third-order valence-corrected chi connectivity index (χ3v) is 2.65. The lowest BCUT2D eigenvalue weighted by Crippen LogP contribution is -2.20. The van der Waals surface area contributed by atoms with E-state index in [4.69, 9.17) is 16.3 Å². The molecule has 0 aromatic heterocycles. The van der Waals surface area contributed by atoms with Crippen LogP contribution in [-0.2, 0) is 6.42 Å². The molecule has 16 heavy (non-hydrogen) atoms. The number of rotatable bonds is 5. The van der Waals surface area contributed by atoms with E-state index >= 15 is 0 Å². The zero-order valence-electron chi connectivity index (χ0n) is 10.1. The molecule has 0 heterocycles. The third kappa shape index (κ3) is 3.69. The monoisotopic (exact) mass is 242 g/mol. The van der Waals surface area contributed by atoms with Crippen LogP contribution in [0, 0.1) is 5.41 Å².